The van der Waals surface area contributed by atoms with Gasteiger partial charge in [-0.15, -0.1) is 0 Å². The molecule has 1 aromatic rings. The fraction of sp³-hybridized carbons (Fsp3) is 0.750. The lowest BCUT2D eigenvalue weighted by Gasteiger charge is -2.36. The van der Waals surface area contributed by atoms with E-state index in [1.165, 1.54) is 0 Å². The number of aryl methyl sites for hydroxylation is 2. The third-order valence-electron chi connectivity index (χ3n) is 3.69. The number of thioether (sulfide) groups is 1. The van der Waals surface area contributed by atoms with Gasteiger partial charge in [0.05, 0.1) is 5.69 Å². The van der Waals surface area contributed by atoms with Crippen molar-refractivity contribution in [1.82, 2.24) is 9.78 Å². The normalized spacial score (nSPS) is 20.4. The zero-order valence-electron chi connectivity index (χ0n) is 12.2. The molecule has 1 aromatic heterocycles. The summed E-state index contributed by atoms with van der Waals surface area (Å²) in [6.45, 7) is 4.69. The Morgan fingerprint density at radius 3 is 2.80 bits per heavy atom. The summed E-state index contributed by atoms with van der Waals surface area (Å²) in [6, 6.07) is 0. The van der Waals surface area contributed by atoms with Crippen molar-refractivity contribution in [3.63, 3.8) is 0 Å². The molecule has 0 amide bonds. The average molecular weight is 318 g/mol. The quantitative estimate of drug-likeness (QED) is 0.871. The molecule has 8 heteroatoms. The van der Waals surface area contributed by atoms with Gasteiger partial charge in [-0.1, -0.05) is 6.92 Å². The van der Waals surface area contributed by atoms with Crippen molar-refractivity contribution in [3.8, 4) is 0 Å². The molecule has 1 unspecified atom stereocenters. The third-order valence-corrected chi connectivity index (χ3v) is 6.98. The van der Waals surface area contributed by atoms with Gasteiger partial charge in [-0.2, -0.15) is 16.9 Å². The Hall–Kier alpha value is -0.730. The second kappa shape index (κ2) is 5.95. The van der Waals surface area contributed by atoms with E-state index >= 15 is 0 Å². The molecule has 2 rings (SSSR count). The summed E-state index contributed by atoms with van der Waals surface area (Å²) in [5.41, 5.74) is 7.64. The van der Waals surface area contributed by atoms with Gasteiger partial charge in [-0.05, 0) is 6.92 Å². The van der Waals surface area contributed by atoms with Crippen LogP contribution in [0, 0.1) is 6.92 Å². The molecule has 20 heavy (non-hydrogen) atoms. The van der Waals surface area contributed by atoms with E-state index in [9.17, 15) is 8.42 Å². The van der Waals surface area contributed by atoms with Crippen molar-refractivity contribution >= 4 is 27.4 Å². The van der Waals surface area contributed by atoms with E-state index < -0.39 is 15.2 Å². The summed E-state index contributed by atoms with van der Waals surface area (Å²) in [5.74, 6) is 2.53. The maximum Gasteiger partial charge on any atom is 0.171 e. The van der Waals surface area contributed by atoms with Gasteiger partial charge in [0.2, 0.25) is 0 Å². The number of sulfone groups is 1. The molecule has 2 heterocycles. The average Bonchev–Trinajstić information content (AvgIpc) is 2.72. The number of hydrogen-bond acceptors (Lipinski definition) is 6. The van der Waals surface area contributed by atoms with Crippen LogP contribution in [-0.2, 0) is 23.4 Å². The minimum Gasteiger partial charge on any atom is -0.338 e. The fourth-order valence-electron chi connectivity index (χ4n) is 2.60. The number of rotatable bonds is 4. The summed E-state index contributed by atoms with van der Waals surface area (Å²) in [5, 5.41) is 3.91. The lowest BCUT2D eigenvalue weighted by Crippen LogP contribution is -2.49. The first kappa shape index (κ1) is 15.7. The minimum atomic E-state index is -3.13. The molecule has 1 aliphatic heterocycles. The van der Waals surface area contributed by atoms with Crippen LogP contribution in [-0.4, -0.2) is 47.4 Å². The van der Waals surface area contributed by atoms with Crippen molar-refractivity contribution in [2.45, 2.75) is 25.8 Å². The smallest absolute Gasteiger partial charge is 0.171 e. The first-order valence-electron chi connectivity index (χ1n) is 6.70. The second-order valence-corrected chi connectivity index (χ2v) is 8.49. The number of nitrogens with two attached hydrogens (primary N) is 1. The van der Waals surface area contributed by atoms with E-state index in [1.54, 1.807) is 23.4 Å². The number of hydrogen-bond donors (Lipinski definition) is 1. The Balaban J connectivity index is 2.48. The Bertz CT molecular complexity index is 583. The summed E-state index contributed by atoms with van der Waals surface area (Å²) < 4.78 is 26.4. The van der Waals surface area contributed by atoms with Gasteiger partial charge < -0.3 is 10.6 Å². The van der Waals surface area contributed by atoms with E-state index in [0.717, 1.165) is 22.8 Å². The van der Waals surface area contributed by atoms with Gasteiger partial charge in [0.25, 0.3) is 0 Å². The van der Waals surface area contributed by atoms with Crippen LogP contribution in [0.25, 0.3) is 0 Å². The molecule has 0 saturated carbocycles. The molecule has 0 bridgehead atoms. The molecule has 6 nitrogen and oxygen atoms in total. The van der Waals surface area contributed by atoms with Crippen LogP contribution in [0.15, 0.2) is 0 Å². The second-order valence-electron chi connectivity index (χ2n) is 4.89. The molecule has 2 N–H and O–H groups in total. The Labute approximate surface area is 124 Å². The lowest BCUT2D eigenvalue weighted by molar-refractivity contribution is 0.576. The first-order valence-corrected chi connectivity index (χ1v) is 9.57. The van der Waals surface area contributed by atoms with Gasteiger partial charge in [0.1, 0.15) is 11.2 Å². The molecular weight excluding hydrogens is 296 g/mol. The molecule has 1 aliphatic rings. The van der Waals surface area contributed by atoms with Crippen molar-refractivity contribution in [1.29, 1.82) is 0 Å². The van der Waals surface area contributed by atoms with Crippen LogP contribution in [0.3, 0.4) is 0 Å². The van der Waals surface area contributed by atoms with Crippen molar-refractivity contribution < 1.29 is 8.42 Å². The molecular formula is C12H22N4O2S2. The largest absolute Gasteiger partial charge is 0.338 e. The standard InChI is InChI=1S/C12H22N4O2S2/c1-4-20(17,18)11-8-19-6-5-16(11)12-10(7-13)9(2)14-15(12)3/h11H,4-8,13H2,1-3H3. The summed E-state index contributed by atoms with van der Waals surface area (Å²) in [4.78, 5) is 1.97. The predicted molar refractivity (Wildman–Crippen MR) is 83.8 cm³/mol. The highest BCUT2D eigenvalue weighted by molar-refractivity contribution is 8.01. The van der Waals surface area contributed by atoms with Gasteiger partial charge >= 0.3 is 0 Å². The van der Waals surface area contributed by atoms with Crippen molar-refractivity contribution in [3.05, 3.63) is 11.3 Å². The molecule has 0 spiro atoms. The zero-order valence-corrected chi connectivity index (χ0v) is 13.8. The maximum atomic E-state index is 12.3. The predicted octanol–water partition coefficient (Wildman–Crippen LogP) is 0.501. The zero-order chi connectivity index (χ0) is 14.9. The van der Waals surface area contributed by atoms with E-state index in [0.29, 0.717) is 18.8 Å². The van der Waals surface area contributed by atoms with Crippen molar-refractivity contribution in [2.75, 3.05) is 28.7 Å². The van der Waals surface area contributed by atoms with E-state index in [2.05, 4.69) is 5.10 Å². The van der Waals surface area contributed by atoms with E-state index in [4.69, 9.17) is 5.73 Å². The van der Waals surface area contributed by atoms with Crippen LogP contribution in [0.5, 0.6) is 0 Å². The minimum absolute atomic E-state index is 0.156. The van der Waals surface area contributed by atoms with Crippen LogP contribution in [0.1, 0.15) is 18.2 Å². The van der Waals surface area contributed by atoms with Gasteiger partial charge in [-0.3, -0.25) is 4.68 Å². The van der Waals surface area contributed by atoms with Crippen LogP contribution < -0.4 is 10.6 Å². The molecule has 1 saturated heterocycles. The molecule has 0 radical (unpaired) electrons. The Kier molecular flexibility index (Phi) is 4.66. The monoisotopic (exact) mass is 318 g/mol. The van der Waals surface area contributed by atoms with Gasteiger partial charge in [0, 0.05) is 43.0 Å². The highest BCUT2D eigenvalue weighted by Gasteiger charge is 2.35. The highest BCUT2D eigenvalue weighted by atomic mass is 32.2. The molecule has 114 valence electrons. The van der Waals surface area contributed by atoms with Gasteiger partial charge in [-0.25, -0.2) is 8.42 Å². The number of aromatic nitrogens is 2. The first-order chi connectivity index (χ1) is 9.42. The van der Waals surface area contributed by atoms with Crippen LogP contribution >= 0.6 is 11.8 Å². The SMILES string of the molecule is CCS(=O)(=O)C1CSCCN1c1c(CN)c(C)nn1C. The maximum absolute atomic E-state index is 12.3. The topological polar surface area (TPSA) is 81.2 Å². The third kappa shape index (κ3) is 2.68. The Morgan fingerprint density at radius 1 is 1.50 bits per heavy atom. The summed E-state index contributed by atoms with van der Waals surface area (Å²) in [7, 11) is -1.28. The summed E-state index contributed by atoms with van der Waals surface area (Å²) in [6.07, 6.45) is 0. The van der Waals surface area contributed by atoms with E-state index in [-0.39, 0.29) is 5.75 Å². The molecule has 0 aromatic carbocycles. The Morgan fingerprint density at radius 2 is 2.20 bits per heavy atom. The lowest BCUT2D eigenvalue weighted by atomic mass is 10.2. The highest BCUT2D eigenvalue weighted by Crippen LogP contribution is 2.30. The molecule has 1 atom stereocenters. The fourth-order valence-corrected chi connectivity index (χ4v) is 5.57. The number of anilines is 1. The van der Waals surface area contributed by atoms with E-state index in [1.807, 2.05) is 18.9 Å². The number of nitrogens with zero attached hydrogens (tertiary/aromatic N) is 3. The van der Waals surface area contributed by atoms with Crippen LogP contribution in [0.4, 0.5) is 5.82 Å². The molecule has 1 fully saturated rings. The molecule has 0 aliphatic carbocycles. The van der Waals surface area contributed by atoms with Crippen molar-refractivity contribution in [2.24, 2.45) is 12.8 Å². The van der Waals surface area contributed by atoms with Gasteiger partial charge in [0.15, 0.2) is 9.84 Å². The van der Waals surface area contributed by atoms with Crippen LogP contribution in [0.2, 0.25) is 0 Å². The summed E-state index contributed by atoms with van der Waals surface area (Å²) >= 11 is 1.69.